The minimum absolute atomic E-state index is 0.0412. The molecule has 0 saturated heterocycles. The van der Waals surface area contributed by atoms with E-state index in [-0.39, 0.29) is 12.2 Å². The molecule has 0 aliphatic carbocycles. The van der Waals surface area contributed by atoms with Crippen LogP contribution in [0.3, 0.4) is 0 Å². The minimum atomic E-state index is -0.481. The van der Waals surface area contributed by atoms with Gasteiger partial charge in [-0.1, -0.05) is 24.3 Å². The molecular weight excluding hydrogens is 345 g/mol. The van der Waals surface area contributed by atoms with Crippen molar-refractivity contribution in [2.75, 3.05) is 6.61 Å². The third-order valence-electron chi connectivity index (χ3n) is 3.99. The van der Waals surface area contributed by atoms with Crippen LogP contribution in [0.2, 0.25) is 0 Å². The number of pyridine rings is 1. The maximum atomic E-state index is 13.8. The van der Waals surface area contributed by atoms with Crippen molar-refractivity contribution in [3.63, 3.8) is 0 Å². The third-order valence-corrected chi connectivity index (χ3v) is 3.99. The van der Waals surface area contributed by atoms with Gasteiger partial charge in [0, 0.05) is 11.1 Å². The van der Waals surface area contributed by atoms with Crippen molar-refractivity contribution in [2.45, 2.75) is 13.5 Å². The quantitative estimate of drug-likeness (QED) is 0.410. The molecule has 0 spiro atoms. The molecule has 3 aromatic rings. The van der Waals surface area contributed by atoms with Gasteiger partial charge in [0.25, 0.3) is 5.91 Å². The van der Waals surface area contributed by atoms with E-state index in [1.54, 1.807) is 30.3 Å². The highest BCUT2D eigenvalue weighted by atomic mass is 19.1. The summed E-state index contributed by atoms with van der Waals surface area (Å²) in [6.07, 6.45) is 0. The van der Waals surface area contributed by atoms with Crippen LogP contribution in [-0.4, -0.2) is 22.5 Å². The van der Waals surface area contributed by atoms with Gasteiger partial charge in [0.1, 0.15) is 17.3 Å². The zero-order valence-corrected chi connectivity index (χ0v) is 14.9. The first-order valence-corrected chi connectivity index (χ1v) is 8.58. The van der Waals surface area contributed by atoms with Crippen LogP contribution in [0.15, 0.2) is 66.7 Å². The third kappa shape index (κ3) is 4.48. The molecule has 0 unspecified atom stereocenters. The first-order chi connectivity index (χ1) is 13.1. The molecule has 0 saturated carbocycles. The lowest BCUT2D eigenvalue weighted by Crippen LogP contribution is -2.37. The highest BCUT2D eigenvalue weighted by Crippen LogP contribution is 2.21. The number of nitrogens with two attached hydrogens (primary N) is 1. The van der Waals surface area contributed by atoms with E-state index >= 15 is 0 Å². The summed E-state index contributed by atoms with van der Waals surface area (Å²) in [4.78, 5) is 17.0. The second-order valence-electron chi connectivity index (χ2n) is 5.89. The molecule has 2 N–H and O–H groups in total. The lowest BCUT2D eigenvalue weighted by atomic mass is 10.1. The van der Waals surface area contributed by atoms with Crippen molar-refractivity contribution in [2.24, 2.45) is 5.84 Å². The molecule has 2 aromatic carbocycles. The first-order valence-electron chi connectivity index (χ1n) is 8.58. The van der Waals surface area contributed by atoms with Crippen LogP contribution >= 0.6 is 0 Å². The maximum absolute atomic E-state index is 13.8. The summed E-state index contributed by atoms with van der Waals surface area (Å²) in [5.41, 5.74) is 2.03. The number of hydrazine groups is 1. The average molecular weight is 365 g/mol. The molecule has 0 radical (unpaired) electrons. The highest BCUT2D eigenvalue weighted by molar-refractivity contribution is 5.92. The van der Waals surface area contributed by atoms with Crippen molar-refractivity contribution < 1.29 is 13.9 Å². The fraction of sp³-hybridized carbons (Fsp3) is 0.143. The SMILES string of the molecule is CCOc1ccc(-c2cccc(C(=O)N(N)Cc3ccccc3F)n2)cc1. The Bertz CT molecular complexity index is 929. The second-order valence-corrected chi connectivity index (χ2v) is 5.89. The molecule has 1 heterocycles. The van der Waals surface area contributed by atoms with Gasteiger partial charge in [0.15, 0.2) is 0 Å². The van der Waals surface area contributed by atoms with Gasteiger partial charge in [0.2, 0.25) is 0 Å². The molecular formula is C21H20FN3O2. The second kappa shape index (κ2) is 8.42. The predicted octanol–water partition coefficient (Wildman–Crippen LogP) is 3.80. The Labute approximate surface area is 157 Å². The zero-order valence-electron chi connectivity index (χ0n) is 14.9. The molecule has 27 heavy (non-hydrogen) atoms. The summed E-state index contributed by atoms with van der Waals surface area (Å²) in [6, 6.07) is 18.8. The lowest BCUT2D eigenvalue weighted by molar-refractivity contribution is 0.0735. The fourth-order valence-corrected chi connectivity index (χ4v) is 2.63. The summed E-state index contributed by atoms with van der Waals surface area (Å²) in [7, 11) is 0. The number of carbonyl (C=O) groups excluding carboxylic acids is 1. The van der Waals surface area contributed by atoms with Crippen LogP contribution in [-0.2, 0) is 6.54 Å². The number of amides is 1. The molecule has 6 heteroatoms. The van der Waals surface area contributed by atoms with Crippen molar-refractivity contribution in [3.05, 3.63) is 83.8 Å². The number of benzene rings is 2. The number of nitrogens with zero attached hydrogens (tertiary/aromatic N) is 2. The fourth-order valence-electron chi connectivity index (χ4n) is 2.63. The molecule has 3 rings (SSSR count). The molecule has 1 amide bonds. The van der Waals surface area contributed by atoms with Crippen LogP contribution in [0.4, 0.5) is 4.39 Å². The molecule has 0 aliphatic heterocycles. The van der Waals surface area contributed by atoms with E-state index in [4.69, 9.17) is 10.6 Å². The van der Waals surface area contributed by atoms with E-state index in [2.05, 4.69) is 4.98 Å². The smallest absolute Gasteiger partial charge is 0.286 e. The van der Waals surface area contributed by atoms with Crippen LogP contribution in [0.1, 0.15) is 23.0 Å². The van der Waals surface area contributed by atoms with E-state index in [1.807, 2.05) is 37.3 Å². The summed E-state index contributed by atoms with van der Waals surface area (Å²) in [6.45, 7) is 2.47. The monoisotopic (exact) mass is 365 g/mol. The number of halogens is 1. The van der Waals surface area contributed by atoms with E-state index in [0.29, 0.717) is 17.9 Å². The average Bonchev–Trinajstić information content (AvgIpc) is 2.70. The van der Waals surface area contributed by atoms with Gasteiger partial charge in [-0.05, 0) is 49.4 Å². The predicted molar refractivity (Wildman–Crippen MR) is 101 cm³/mol. The van der Waals surface area contributed by atoms with E-state index in [0.717, 1.165) is 16.3 Å². The topological polar surface area (TPSA) is 68.5 Å². The molecule has 0 atom stereocenters. The molecule has 0 aliphatic rings. The molecule has 0 fully saturated rings. The Kier molecular flexibility index (Phi) is 5.78. The van der Waals surface area contributed by atoms with Gasteiger partial charge in [-0.25, -0.2) is 15.2 Å². The Morgan fingerprint density at radius 1 is 1.07 bits per heavy atom. The van der Waals surface area contributed by atoms with Crippen molar-refractivity contribution in [1.29, 1.82) is 0 Å². The molecule has 5 nitrogen and oxygen atoms in total. The Morgan fingerprint density at radius 2 is 1.81 bits per heavy atom. The Hall–Kier alpha value is -3.25. The number of carbonyl (C=O) groups is 1. The van der Waals surface area contributed by atoms with Crippen molar-refractivity contribution in [3.8, 4) is 17.0 Å². The van der Waals surface area contributed by atoms with Crippen molar-refractivity contribution in [1.82, 2.24) is 9.99 Å². The van der Waals surface area contributed by atoms with Gasteiger partial charge < -0.3 is 4.74 Å². The number of hydrogen-bond donors (Lipinski definition) is 1. The summed E-state index contributed by atoms with van der Waals surface area (Å²) in [5, 5.41) is 0.961. The van der Waals surface area contributed by atoms with Crippen LogP contribution < -0.4 is 10.6 Å². The normalized spacial score (nSPS) is 10.5. The van der Waals surface area contributed by atoms with Gasteiger partial charge >= 0.3 is 0 Å². The van der Waals surface area contributed by atoms with Gasteiger partial charge in [-0.3, -0.25) is 9.80 Å². The standard InChI is InChI=1S/C21H20FN3O2/c1-2-27-17-12-10-15(11-13-17)19-8-5-9-20(24-19)21(26)25(23)14-16-6-3-4-7-18(16)22/h3-13H,2,14,23H2,1H3. The molecule has 1 aromatic heterocycles. The highest BCUT2D eigenvalue weighted by Gasteiger charge is 2.16. The van der Waals surface area contributed by atoms with Crippen molar-refractivity contribution >= 4 is 5.91 Å². The van der Waals surface area contributed by atoms with Gasteiger partial charge in [-0.2, -0.15) is 0 Å². The van der Waals surface area contributed by atoms with E-state index < -0.39 is 11.7 Å². The lowest BCUT2D eigenvalue weighted by Gasteiger charge is -2.17. The minimum Gasteiger partial charge on any atom is -0.494 e. The van der Waals surface area contributed by atoms with Gasteiger partial charge in [0.05, 0.1) is 18.8 Å². The van der Waals surface area contributed by atoms with Crippen LogP contribution in [0.5, 0.6) is 5.75 Å². The molecule has 0 bridgehead atoms. The van der Waals surface area contributed by atoms with Crippen LogP contribution in [0.25, 0.3) is 11.3 Å². The number of rotatable bonds is 6. The number of ether oxygens (including phenoxy) is 1. The number of hydrogen-bond acceptors (Lipinski definition) is 4. The Balaban J connectivity index is 1.78. The zero-order chi connectivity index (χ0) is 19.2. The summed E-state index contributed by atoms with van der Waals surface area (Å²) >= 11 is 0. The molecule has 138 valence electrons. The van der Waals surface area contributed by atoms with E-state index in [1.165, 1.54) is 6.07 Å². The number of aromatic nitrogens is 1. The maximum Gasteiger partial charge on any atom is 0.286 e. The Morgan fingerprint density at radius 3 is 2.52 bits per heavy atom. The van der Waals surface area contributed by atoms with E-state index in [9.17, 15) is 9.18 Å². The summed E-state index contributed by atoms with van der Waals surface area (Å²) < 4.78 is 19.2. The largest absolute Gasteiger partial charge is 0.494 e. The van der Waals surface area contributed by atoms with Crippen LogP contribution in [0, 0.1) is 5.82 Å². The summed E-state index contributed by atoms with van der Waals surface area (Å²) in [5.74, 6) is 5.74. The van der Waals surface area contributed by atoms with Gasteiger partial charge in [-0.15, -0.1) is 0 Å². The first kappa shape index (κ1) is 18.5.